The Labute approximate surface area is 165 Å². The minimum Gasteiger partial charge on any atom is -0.480 e. The number of nitro benzene ring substituents is 1. The van der Waals surface area contributed by atoms with Crippen molar-refractivity contribution in [3.63, 3.8) is 0 Å². The summed E-state index contributed by atoms with van der Waals surface area (Å²) in [6.45, 7) is 0. The van der Waals surface area contributed by atoms with E-state index in [1.54, 1.807) is 18.2 Å². The second-order valence-corrected chi connectivity index (χ2v) is 6.56. The summed E-state index contributed by atoms with van der Waals surface area (Å²) in [4.78, 5) is 25.9. The monoisotopic (exact) mass is 485 g/mol. The molecule has 0 saturated carbocycles. The Balaban J connectivity index is 2.49. The highest BCUT2D eigenvalue weighted by atomic mass is 79.9. The van der Waals surface area contributed by atoms with E-state index in [1.165, 1.54) is 32.4 Å². The number of urea groups is 1. The Hall–Kier alpha value is -2.46. The van der Waals surface area contributed by atoms with Gasteiger partial charge in [0.15, 0.2) is 0 Å². The van der Waals surface area contributed by atoms with Gasteiger partial charge in [-0.25, -0.2) is 4.79 Å². The third-order valence-corrected chi connectivity index (χ3v) is 4.24. The van der Waals surface area contributed by atoms with Crippen molar-refractivity contribution >= 4 is 49.5 Å². The highest BCUT2D eigenvalue weighted by Gasteiger charge is 2.21. The standard InChI is InChI=1S/C16H13Br2N3O5/c1-19-16(22)20-15(25-2)11-8-10(4-5-13(11)21(23)24)26-14-6-3-9(17)7-12(14)18/h3-8H,1-2H3,(H,19,22). The lowest BCUT2D eigenvalue weighted by Crippen LogP contribution is -2.17. The maximum absolute atomic E-state index is 11.5. The van der Waals surface area contributed by atoms with Gasteiger partial charge in [0.25, 0.3) is 5.69 Å². The van der Waals surface area contributed by atoms with Crippen LogP contribution in [0.5, 0.6) is 11.5 Å². The number of halogens is 2. The molecule has 0 radical (unpaired) electrons. The van der Waals surface area contributed by atoms with Gasteiger partial charge in [0.05, 0.1) is 16.5 Å². The number of nitro groups is 1. The predicted molar refractivity (Wildman–Crippen MR) is 103 cm³/mol. The predicted octanol–water partition coefficient (Wildman–Crippen LogP) is 4.64. The van der Waals surface area contributed by atoms with Crippen LogP contribution in [0.25, 0.3) is 0 Å². The van der Waals surface area contributed by atoms with E-state index in [0.29, 0.717) is 16.0 Å². The van der Waals surface area contributed by atoms with E-state index in [0.717, 1.165) is 4.47 Å². The first kappa shape index (κ1) is 19.9. The topological polar surface area (TPSA) is 103 Å². The van der Waals surface area contributed by atoms with Crippen LogP contribution in [0, 0.1) is 10.1 Å². The van der Waals surface area contributed by atoms with Crippen LogP contribution in [0.2, 0.25) is 0 Å². The lowest BCUT2D eigenvalue weighted by atomic mass is 10.1. The molecule has 0 heterocycles. The van der Waals surface area contributed by atoms with E-state index in [2.05, 4.69) is 42.2 Å². The highest BCUT2D eigenvalue weighted by molar-refractivity contribution is 9.11. The molecule has 136 valence electrons. The van der Waals surface area contributed by atoms with Gasteiger partial charge in [0.2, 0.25) is 5.90 Å². The number of aliphatic imine (C=N–C) groups is 1. The van der Waals surface area contributed by atoms with Crippen LogP contribution in [0.4, 0.5) is 10.5 Å². The fraction of sp³-hybridized carbons (Fsp3) is 0.125. The molecule has 0 fully saturated rings. The van der Waals surface area contributed by atoms with Crippen molar-refractivity contribution in [1.29, 1.82) is 0 Å². The van der Waals surface area contributed by atoms with Crippen LogP contribution in [-0.2, 0) is 4.74 Å². The first-order valence-corrected chi connectivity index (χ1v) is 8.70. The average Bonchev–Trinajstić information content (AvgIpc) is 2.61. The molecule has 0 spiro atoms. The molecule has 0 aliphatic carbocycles. The molecule has 26 heavy (non-hydrogen) atoms. The van der Waals surface area contributed by atoms with Gasteiger partial charge >= 0.3 is 6.03 Å². The van der Waals surface area contributed by atoms with Crippen LogP contribution in [0.3, 0.4) is 0 Å². The van der Waals surface area contributed by atoms with Gasteiger partial charge in [-0.2, -0.15) is 4.99 Å². The Morgan fingerprint density at radius 1 is 1.23 bits per heavy atom. The lowest BCUT2D eigenvalue weighted by molar-refractivity contribution is -0.385. The molecule has 0 aromatic heterocycles. The number of hydrogen-bond acceptors (Lipinski definition) is 5. The van der Waals surface area contributed by atoms with Crippen LogP contribution in [0.1, 0.15) is 5.56 Å². The number of amides is 2. The number of benzene rings is 2. The normalized spacial score (nSPS) is 11.0. The summed E-state index contributed by atoms with van der Waals surface area (Å²) < 4.78 is 12.4. The minimum absolute atomic E-state index is 0.0202. The Morgan fingerprint density at radius 2 is 1.96 bits per heavy atom. The van der Waals surface area contributed by atoms with Gasteiger partial charge in [-0.05, 0) is 40.2 Å². The zero-order valence-electron chi connectivity index (χ0n) is 13.7. The first-order chi connectivity index (χ1) is 12.3. The van der Waals surface area contributed by atoms with Gasteiger partial charge in [0, 0.05) is 23.7 Å². The number of ether oxygens (including phenoxy) is 2. The smallest absolute Gasteiger partial charge is 0.343 e. The van der Waals surface area contributed by atoms with Crippen molar-refractivity contribution in [2.75, 3.05) is 14.2 Å². The number of carbonyl (C=O) groups excluding carboxylic acids is 1. The number of rotatable bonds is 4. The molecular weight excluding hydrogens is 474 g/mol. The van der Waals surface area contributed by atoms with E-state index in [1.807, 2.05) is 0 Å². The summed E-state index contributed by atoms with van der Waals surface area (Å²) in [5.41, 5.74) is -0.247. The molecule has 2 amide bonds. The summed E-state index contributed by atoms with van der Waals surface area (Å²) in [7, 11) is 2.66. The average molecular weight is 487 g/mol. The zero-order chi connectivity index (χ0) is 19.3. The first-order valence-electron chi connectivity index (χ1n) is 7.11. The van der Waals surface area contributed by atoms with Crippen LogP contribution in [0.15, 0.2) is 50.3 Å². The minimum atomic E-state index is -0.696. The summed E-state index contributed by atoms with van der Waals surface area (Å²) in [6, 6.07) is 8.72. The third kappa shape index (κ3) is 4.79. The Kier molecular flexibility index (Phi) is 6.70. The van der Waals surface area contributed by atoms with Crippen molar-refractivity contribution in [3.8, 4) is 11.5 Å². The lowest BCUT2D eigenvalue weighted by Gasteiger charge is -2.11. The van der Waals surface area contributed by atoms with Gasteiger partial charge in [0.1, 0.15) is 17.1 Å². The maximum atomic E-state index is 11.5. The highest BCUT2D eigenvalue weighted by Crippen LogP contribution is 2.34. The van der Waals surface area contributed by atoms with Crippen molar-refractivity contribution in [2.24, 2.45) is 4.99 Å². The van der Waals surface area contributed by atoms with E-state index >= 15 is 0 Å². The van der Waals surface area contributed by atoms with Gasteiger partial charge in [-0.1, -0.05) is 15.9 Å². The quantitative estimate of drug-likeness (QED) is 0.293. The molecule has 8 nitrogen and oxygen atoms in total. The molecule has 2 aromatic carbocycles. The Morgan fingerprint density at radius 3 is 2.54 bits per heavy atom. The summed E-state index contributed by atoms with van der Waals surface area (Å²) in [5.74, 6) is 0.627. The van der Waals surface area contributed by atoms with E-state index in [4.69, 9.17) is 9.47 Å². The molecule has 0 unspecified atom stereocenters. The molecule has 0 bridgehead atoms. The second-order valence-electron chi connectivity index (χ2n) is 4.79. The number of nitrogens with one attached hydrogen (secondary N) is 1. The Bertz CT molecular complexity index is 886. The summed E-state index contributed by atoms with van der Waals surface area (Å²) in [5, 5.41) is 13.6. The fourth-order valence-corrected chi connectivity index (χ4v) is 3.09. The van der Waals surface area contributed by atoms with Gasteiger partial charge < -0.3 is 14.8 Å². The largest absolute Gasteiger partial charge is 0.480 e. The van der Waals surface area contributed by atoms with Crippen LogP contribution < -0.4 is 10.1 Å². The maximum Gasteiger partial charge on any atom is 0.343 e. The molecule has 0 aliphatic heterocycles. The van der Waals surface area contributed by atoms with E-state index in [9.17, 15) is 14.9 Å². The van der Waals surface area contributed by atoms with Crippen LogP contribution >= 0.6 is 31.9 Å². The van der Waals surface area contributed by atoms with E-state index < -0.39 is 11.0 Å². The van der Waals surface area contributed by atoms with Crippen molar-refractivity contribution in [2.45, 2.75) is 0 Å². The number of nitrogens with zero attached hydrogens (tertiary/aromatic N) is 2. The second kappa shape index (κ2) is 8.77. The number of methoxy groups -OCH3 is 1. The van der Waals surface area contributed by atoms with Crippen LogP contribution in [-0.4, -0.2) is 31.0 Å². The molecule has 2 rings (SSSR count). The van der Waals surface area contributed by atoms with Crippen molar-refractivity contribution < 1.29 is 19.2 Å². The third-order valence-electron chi connectivity index (χ3n) is 3.13. The van der Waals surface area contributed by atoms with Crippen molar-refractivity contribution in [3.05, 3.63) is 61.0 Å². The van der Waals surface area contributed by atoms with Gasteiger partial charge in [-0.3, -0.25) is 10.1 Å². The number of carbonyl (C=O) groups is 1. The molecule has 0 atom stereocenters. The molecule has 2 aromatic rings. The number of hydrogen-bond donors (Lipinski definition) is 1. The molecule has 0 saturated heterocycles. The molecule has 0 aliphatic rings. The SMILES string of the molecule is CNC(=O)N=C(OC)c1cc(Oc2ccc(Br)cc2Br)ccc1[N+](=O)[O-]. The van der Waals surface area contributed by atoms with Crippen molar-refractivity contribution in [1.82, 2.24) is 5.32 Å². The summed E-state index contributed by atoms with van der Waals surface area (Å²) >= 11 is 6.73. The molecule has 10 heteroatoms. The molecule has 1 N–H and O–H groups in total. The summed E-state index contributed by atoms with van der Waals surface area (Å²) in [6.07, 6.45) is 0. The van der Waals surface area contributed by atoms with Gasteiger partial charge in [-0.15, -0.1) is 0 Å². The zero-order valence-corrected chi connectivity index (χ0v) is 16.8. The fourth-order valence-electron chi connectivity index (χ4n) is 1.96. The van der Waals surface area contributed by atoms with E-state index in [-0.39, 0.29) is 17.1 Å². The molecular formula is C16H13Br2N3O5.